The van der Waals surface area contributed by atoms with Gasteiger partial charge in [0.05, 0.1) is 6.04 Å². The van der Waals surface area contributed by atoms with E-state index in [1.54, 1.807) is 4.90 Å². The molecule has 1 aliphatic carbocycles. The third-order valence-electron chi connectivity index (χ3n) is 3.18. The van der Waals surface area contributed by atoms with Gasteiger partial charge >= 0.3 is 6.09 Å². The highest BCUT2D eigenvalue weighted by atomic mass is 16.6. The zero-order chi connectivity index (χ0) is 11.9. The van der Waals surface area contributed by atoms with Crippen LogP contribution in [0.1, 0.15) is 40.0 Å². The average Bonchev–Trinajstić information content (AvgIpc) is 2.12. The predicted octanol–water partition coefficient (Wildman–Crippen LogP) is 1.97. The smallest absolute Gasteiger partial charge is 0.410 e. The number of rotatable bonds is 0. The van der Waals surface area contributed by atoms with Gasteiger partial charge in [0, 0.05) is 13.0 Å². The lowest BCUT2D eigenvalue weighted by Crippen LogP contribution is -2.60. The minimum atomic E-state index is -0.489. The van der Waals surface area contributed by atoms with Crippen LogP contribution >= 0.6 is 0 Å². The number of piperidine rings is 1. The first kappa shape index (κ1) is 11.4. The highest BCUT2D eigenvalue weighted by Crippen LogP contribution is 2.37. The quantitative estimate of drug-likeness (QED) is 0.633. The molecule has 2 unspecified atom stereocenters. The molecule has 1 saturated heterocycles. The van der Waals surface area contributed by atoms with Crippen molar-refractivity contribution in [2.75, 3.05) is 6.54 Å². The summed E-state index contributed by atoms with van der Waals surface area (Å²) in [4.78, 5) is 25.0. The number of carbonyl (C=O) groups is 2. The second kappa shape index (κ2) is 3.75. The maximum absolute atomic E-state index is 11.9. The van der Waals surface area contributed by atoms with Gasteiger partial charge in [0.2, 0.25) is 0 Å². The van der Waals surface area contributed by atoms with E-state index < -0.39 is 5.60 Å². The first-order chi connectivity index (χ1) is 7.38. The molecule has 0 spiro atoms. The van der Waals surface area contributed by atoms with Gasteiger partial charge in [-0.25, -0.2) is 4.79 Å². The molecule has 0 aromatic rings. The number of ether oxygens (including phenoxy) is 1. The fourth-order valence-electron chi connectivity index (χ4n) is 2.47. The van der Waals surface area contributed by atoms with Crippen LogP contribution in [-0.4, -0.2) is 35.0 Å². The van der Waals surface area contributed by atoms with Crippen LogP contribution in [-0.2, 0) is 9.53 Å². The van der Waals surface area contributed by atoms with Crippen LogP contribution in [0.4, 0.5) is 4.79 Å². The minimum absolute atomic E-state index is 0.190. The number of nitrogens with zero attached hydrogens (tertiary/aromatic N) is 1. The summed E-state index contributed by atoms with van der Waals surface area (Å²) in [7, 11) is 0. The van der Waals surface area contributed by atoms with E-state index in [0.717, 1.165) is 12.8 Å². The van der Waals surface area contributed by atoms with Crippen molar-refractivity contribution in [2.24, 2.45) is 5.92 Å². The zero-order valence-electron chi connectivity index (χ0n) is 10.2. The SMILES string of the molecule is CC(C)(C)OC(=O)N1CCCC2CC(=O)C21. The van der Waals surface area contributed by atoms with Crippen molar-refractivity contribution >= 4 is 11.9 Å². The van der Waals surface area contributed by atoms with E-state index in [2.05, 4.69) is 0 Å². The van der Waals surface area contributed by atoms with Crippen molar-refractivity contribution < 1.29 is 14.3 Å². The summed E-state index contributed by atoms with van der Waals surface area (Å²) in [6.45, 7) is 6.18. The number of Topliss-reactive ketones (excluding diaryl/α,β-unsaturated/α-hetero) is 1. The number of amides is 1. The second-order valence-electron chi connectivity index (χ2n) is 5.69. The molecule has 16 heavy (non-hydrogen) atoms. The molecule has 2 rings (SSSR count). The highest BCUT2D eigenvalue weighted by Gasteiger charge is 2.48. The lowest BCUT2D eigenvalue weighted by Gasteiger charge is -2.46. The van der Waals surface area contributed by atoms with Crippen molar-refractivity contribution in [3.63, 3.8) is 0 Å². The molecule has 0 aromatic carbocycles. The Labute approximate surface area is 95.9 Å². The Morgan fingerprint density at radius 2 is 2.12 bits per heavy atom. The molecule has 1 aliphatic heterocycles. The maximum Gasteiger partial charge on any atom is 0.410 e. The van der Waals surface area contributed by atoms with Gasteiger partial charge in [0.1, 0.15) is 5.60 Å². The normalized spacial score (nSPS) is 29.4. The van der Waals surface area contributed by atoms with Gasteiger partial charge < -0.3 is 4.74 Å². The van der Waals surface area contributed by atoms with Gasteiger partial charge in [-0.1, -0.05) is 0 Å². The fourth-order valence-corrected chi connectivity index (χ4v) is 2.47. The van der Waals surface area contributed by atoms with Crippen molar-refractivity contribution in [1.29, 1.82) is 0 Å². The van der Waals surface area contributed by atoms with Crippen LogP contribution in [0.25, 0.3) is 0 Å². The summed E-state index contributed by atoms with van der Waals surface area (Å²) in [5.41, 5.74) is -0.489. The molecule has 1 amide bonds. The molecular formula is C12H19NO3. The number of ketones is 1. The van der Waals surface area contributed by atoms with Crippen molar-refractivity contribution in [1.82, 2.24) is 4.90 Å². The molecule has 4 heteroatoms. The van der Waals surface area contributed by atoms with Gasteiger partial charge in [-0.2, -0.15) is 0 Å². The largest absolute Gasteiger partial charge is 0.444 e. The Balaban J connectivity index is 2.02. The standard InChI is InChI=1S/C12H19NO3/c1-12(2,3)16-11(15)13-6-4-5-8-7-9(14)10(8)13/h8,10H,4-7H2,1-3H3. The maximum atomic E-state index is 11.9. The molecule has 2 fully saturated rings. The minimum Gasteiger partial charge on any atom is -0.444 e. The molecule has 0 N–H and O–H groups in total. The molecule has 0 aromatic heterocycles. The van der Waals surface area contributed by atoms with Crippen LogP contribution in [0.5, 0.6) is 0 Å². The molecule has 2 aliphatic rings. The summed E-state index contributed by atoms with van der Waals surface area (Å²) in [6.07, 6.45) is 2.35. The second-order valence-corrected chi connectivity index (χ2v) is 5.69. The van der Waals surface area contributed by atoms with Gasteiger partial charge in [-0.15, -0.1) is 0 Å². The monoisotopic (exact) mass is 225 g/mol. The Hall–Kier alpha value is -1.06. The van der Waals surface area contributed by atoms with Crippen LogP contribution in [0, 0.1) is 5.92 Å². The van der Waals surface area contributed by atoms with E-state index in [4.69, 9.17) is 4.74 Å². The molecule has 1 saturated carbocycles. The first-order valence-electron chi connectivity index (χ1n) is 5.91. The van der Waals surface area contributed by atoms with Crippen molar-refractivity contribution in [3.8, 4) is 0 Å². The van der Waals surface area contributed by atoms with E-state index in [1.807, 2.05) is 20.8 Å². The van der Waals surface area contributed by atoms with Gasteiger partial charge in [-0.05, 0) is 39.5 Å². The fraction of sp³-hybridized carbons (Fsp3) is 0.833. The molecule has 90 valence electrons. The molecule has 4 nitrogen and oxygen atoms in total. The number of hydrogen-bond donors (Lipinski definition) is 0. The number of likely N-dealkylation sites (tertiary alicyclic amines) is 1. The van der Waals surface area contributed by atoms with E-state index in [-0.39, 0.29) is 17.9 Å². The Bertz CT molecular complexity index is 319. The van der Waals surface area contributed by atoms with E-state index in [1.165, 1.54) is 0 Å². The third kappa shape index (κ3) is 2.06. The van der Waals surface area contributed by atoms with Crippen LogP contribution in [0.15, 0.2) is 0 Å². The topological polar surface area (TPSA) is 46.6 Å². The molecule has 2 atom stereocenters. The Morgan fingerprint density at radius 1 is 1.44 bits per heavy atom. The number of carbonyl (C=O) groups excluding carboxylic acids is 2. The zero-order valence-corrected chi connectivity index (χ0v) is 10.2. The van der Waals surface area contributed by atoms with Crippen LogP contribution in [0.3, 0.4) is 0 Å². The molecule has 1 heterocycles. The van der Waals surface area contributed by atoms with E-state index >= 15 is 0 Å². The average molecular weight is 225 g/mol. The van der Waals surface area contributed by atoms with Gasteiger partial charge in [-0.3, -0.25) is 9.69 Å². The van der Waals surface area contributed by atoms with E-state index in [9.17, 15) is 9.59 Å². The summed E-state index contributed by atoms with van der Waals surface area (Å²) in [6, 6.07) is -0.191. The summed E-state index contributed by atoms with van der Waals surface area (Å²) < 4.78 is 5.31. The van der Waals surface area contributed by atoms with Crippen LogP contribution in [0.2, 0.25) is 0 Å². The lowest BCUT2D eigenvalue weighted by molar-refractivity contribution is -0.139. The van der Waals surface area contributed by atoms with E-state index in [0.29, 0.717) is 18.9 Å². The van der Waals surface area contributed by atoms with Crippen molar-refractivity contribution in [3.05, 3.63) is 0 Å². The Kier molecular flexibility index (Phi) is 2.68. The highest BCUT2D eigenvalue weighted by molar-refractivity contribution is 5.93. The van der Waals surface area contributed by atoms with Crippen LogP contribution < -0.4 is 0 Å². The number of hydrogen-bond acceptors (Lipinski definition) is 3. The summed E-state index contributed by atoms with van der Waals surface area (Å²) in [5, 5.41) is 0. The van der Waals surface area contributed by atoms with Crippen molar-refractivity contribution in [2.45, 2.75) is 51.7 Å². The molecule has 0 bridgehead atoms. The lowest BCUT2D eigenvalue weighted by atomic mass is 9.72. The summed E-state index contributed by atoms with van der Waals surface area (Å²) in [5.74, 6) is 0.573. The predicted molar refractivity (Wildman–Crippen MR) is 59.1 cm³/mol. The molecule has 0 radical (unpaired) electrons. The molecular weight excluding hydrogens is 206 g/mol. The third-order valence-corrected chi connectivity index (χ3v) is 3.18. The van der Waals surface area contributed by atoms with Gasteiger partial charge in [0.15, 0.2) is 5.78 Å². The summed E-state index contributed by atoms with van der Waals surface area (Å²) >= 11 is 0. The van der Waals surface area contributed by atoms with Gasteiger partial charge in [0.25, 0.3) is 0 Å². The Morgan fingerprint density at radius 3 is 2.69 bits per heavy atom. The number of fused-ring (bicyclic) bond motifs is 1. The first-order valence-corrected chi connectivity index (χ1v) is 5.91.